The van der Waals surface area contributed by atoms with Crippen LogP contribution in [0.5, 0.6) is 0 Å². The minimum absolute atomic E-state index is 0.516. The molecule has 90 valence electrons. The summed E-state index contributed by atoms with van der Waals surface area (Å²) in [6, 6.07) is 6.59. The Morgan fingerprint density at radius 1 is 1.44 bits per heavy atom. The van der Waals surface area contributed by atoms with Crippen molar-refractivity contribution in [2.24, 2.45) is 0 Å². The van der Waals surface area contributed by atoms with E-state index in [1.54, 1.807) is 0 Å². The third-order valence-electron chi connectivity index (χ3n) is 2.93. The Balaban J connectivity index is 3.01. The summed E-state index contributed by atoms with van der Waals surface area (Å²) >= 11 is 9.80. The first-order valence-corrected chi connectivity index (χ1v) is 7.17. The number of rotatable bonds is 5. The molecule has 0 heterocycles. The van der Waals surface area contributed by atoms with Crippen molar-refractivity contribution in [3.8, 4) is 0 Å². The van der Waals surface area contributed by atoms with Gasteiger partial charge in [0.05, 0.1) is 10.7 Å². The summed E-state index contributed by atoms with van der Waals surface area (Å²) in [4.78, 5) is 2.28. The molecule has 1 rings (SSSR count). The van der Waals surface area contributed by atoms with Gasteiger partial charge in [0.25, 0.3) is 0 Å². The third kappa shape index (κ3) is 3.14. The molecule has 16 heavy (non-hydrogen) atoms. The molecule has 0 radical (unpaired) electrons. The Morgan fingerprint density at radius 3 is 2.69 bits per heavy atom. The molecule has 1 atom stereocenters. The van der Waals surface area contributed by atoms with Gasteiger partial charge in [-0.1, -0.05) is 53.0 Å². The summed E-state index contributed by atoms with van der Waals surface area (Å²) in [6.07, 6.45) is 2.38. The van der Waals surface area contributed by atoms with Gasteiger partial charge in [0.2, 0.25) is 0 Å². The second-order valence-corrected chi connectivity index (χ2v) is 5.10. The lowest BCUT2D eigenvalue weighted by Gasteiger charge is -2.29. The van der Waals surface area contributed by atoms with Crippen molar-refractivity contribution in [1.29, 1.82) is 0 Å². The predicted molar refractivity (Wildman–Crippen MR) is 76.9 cm³/mol. The molecule has 0 fully saturated rings. The number of anilines is 1. The van der Waals surface area contributed by atoms with Gasteiger partial charge in [-0.05, 0) is 25.0 Å². The average molecular weight is 305 g/mol. The van der Waals surface area contributed by atoms with Crippen LogP contribution in [-0.4, -0.2) is 13.1 Å². The quantitative estimate of drug-likeness (QED) is 0.702. The van der Waals surface area contributed by atoms with Crippen LogP contribution in [0.4, 0.5) is 5.69 Å². The van der Waals surface area contributed by atoms with Gasteiger partial charge in [-0.2, -0.15) is 0 Å². The summed E-state index contributed by atoms with van der Waals surface area (Å²) in [7, 11) is 2.12. The predicted octanol–water partition coefficient (Wildman–Crippen LogP) is 4.86. The molecule has 0 bridgehead atoms. The Hall–Kier alpha value is -0.210. The summed E-state index contributed by atoms with van der Waals surface area (Å²) in [5.41, 5.74) is 2.40. The molecule has 0 aliphatic rings. The Kier molecular flexibility index (Phi) is 5.63. The van der Waals surface area contributed by atoms with E-state index in [4.69, 9.17) is 11.6 Å². The zero-order valence-corrected chi connectivity index (χ0v) is 12.5. The Labute approximate surface area is 112 Å². The zero-order valence-electron chi connectivity index (χ0n) is 10.1. The van der Waals surface area contributed by atoms with E-state index in [0.29, 0.717) is 6.04 Å². The van der Waals surface area contributed by atoms with Gasteiger partial charge in [-0.25, -0.2) is 0 Å². The molecule has 1 aromatic rings. The highest BCUT2D eigenvalue weighted by Crippen LogP contribution is 2.32. The molecule has 3 heteroatoms. The van der Waals surface area contributed by atoms with Crippen molar-refractivity contribution in [2.75, 3.05) is 11.9 Å². The van der Waals surface area contributed by atoms with Crippen molar-refractivity contribution in [1.82, 2.24) is 0 Å². The van der Waals surface area contributed by atoms with Crippen LogP contribution in [0.15, 0.2) is 18.2 Å². The van der Waals surface area contributed by atoms with E-state index >= 15 is 0 Å². The minimum Gasteiger partial charge on any atom is -0.370 e. The largest absolute Gasteiger partial charge is 0.370 e. The number of hydrogen-bond acceptors (Lipinski definition) is 1. The van der Waals surface area contributed by atoms with Gasteiger partial charge in [-0.15, -0.1) is 0 Å². The number of hydrogen-bond donors (Lipinski definition) is 0. The Morgan fingerprint density at radius 2 is 2.12 bits per heavy atom. The van der Waals surface area contributed by atoms with Gasteiger partial charge < -0.3 is 4.90 Å². The fourth-order valence-electron chi connectivity index (χ4n) is 1.89. The third-order valence-corrected chi connectivity index (χ3v) is 3.84. The first-order chi connectivity index (χ1) is 7.61. The first-order valence-electron chi connectivity index (χ1n) is 5.68. The summed E-state index contributed by atoms with van der Waals surface area (Å²) < 4.78 is 0. The summed E-state index contributed by atoms with van der Waals surface area (Å²) in [5, 5.41) is 1.67. The molecule has 0 spiro atoms. The SMILES string of the molecule is CCCC(C)N(C)c1c(Cl)cccc1CBr. The van der Waals surface area contributed by atoms with Crippen molar-refractivity contribution < 1.29 is 0 Å². The minimum atomic E-state index is 0.516. The molecular formula is C13H19BrClN. The maximum atomic E-state index is 6.28. The highest BCUT2D eigenvalue weighted by Gasteiger charge is 2.15. The van der Waals surface area contributed by atoms with E-state index in [-0.39, 0.29) is 0 Å². The van der Waals surface area contributed by atoms with E-state index in [0.717, 1.165) is 16.0 Å². The topological polar surface area (TPSA) is 3.24 Å². The van der Waals surface area contributed by atoms with E-state index in [2.05, 4.69) is 47.8 Å². The van der Waals surface area contributed by atoms with Crippen molar-refractivity contribution in [3.05, 3.63) is 28.8 Å². The van der Waals surface area contributed by atoms with Crippen molar-refractivity contribution in [2.45, 2.75) is 38.1 Å². The molecule has 0 N–H and O–H groups in total. The van der Waals surface area contributed by atoms with Gasteiger partial charge >= 0.3 is 0 Å². The second-order valence-electron chi connectivity index (χ2n) is 4.13. The van der Waals surface area contributed by atoms with Gasteiger partial charge in [0, 0.05) is 18.4 Å². The fraction of sp³-hybridized carbons (Fsp3) is 0.538. The molecule has 0 aliphatic carbocycles. The van der Waals surface area contributed by atoms with E-state index < -0.39 is 0 Å². The molecular weight excluding hydrogens is 286 g/mol. The second kappa shape index (κ2) is 6.51. The van der Waals surface area contributed by atoms with Crippen LogP contribution in [0.3, 0.4) is 0 Å². The van der Waals surface area contributed by atoms with Crippen molar-refractivity contribution in [3.63, 3.8) is 0 Å². The molecule has 0 aliphatic heterocycles. The summed E-state index contributed by atoms with van der Waals surface area (Å²) in [6.45, 7) is 4.45. The monoisotopic (exact) mass is 303 g/mol. The van der Waals surface area contributed by atoms with Crippen LogP contribution in [0.1, 0.15) is 32.3 Å². The number of benzene rings is 1. The van der Waals surface area contributed by atoms with E-state index in [1.165, 1.54) is 18.4 Å². The zero-order chi connectivity index (χ0) is 12.1. The number of nitrogens with zero attached hydrogens (tertiary/aromatic N) is 1. The molecule has 0 amide bonds. The van der Waals surface area contributed by atoms with Crippen LogP contribution in [0.2, 0.25) is 5.02 Å². The first kappa shape index (κ1) is 13.9. The van der Waals surface area contributed by atoms with Gasteiger partial charge in [0.15, 0.2) is 0 Å². The van der Waals surface area contributed by atoms with Gasteiger partial charge in [-0.3, -0.25) is 0 Å². The molecule has 0 saturated heterocycles. The van der Waals surface area contributed by atoms with Crippen LogP contribution >= 0.6 is 27.5 Å². The van der Waals surface area contributed by atoms with Crippen molar-refractivity contribution >= 4 is 33.2 Å². The number of alkyl halides is 1. The molecule has 1 nitrogen and oxygen atoms in total. The summed E-state index contributed by atoms with van der Waals surface area (Å²) in [5.74, 6) is 0. The lowest BCUT2D eigenvalue weighted by Crippen LogP contribution is -2.29. The lowest BCUT2D eigenvalue weighted by atomic mass is 10.1. The van der Waals surface area contributed by atoms with Crippen LogP contribution in [0, 0.1) is 0 Å². The molecule has 0 aromatic heterocycles. The highest BCUT2D eigenvalue weighted by molar-refractivity contribution is 9.08. The fourth-order valence-corrected chi connectivity index (χ4v) is 2.67. The maximum absolute atomic E-state index is 6.28. The van der Waals surface area contributed by atoms with Crippen LogP contribution in [0.25, 0.3) is 0 Å². The molecule has 1 aromatic carbocycles. The molecule has 1 unspecified atom stereocenters. The lowest BCUT2D eigenvalue weighted by molar-refractivity contribution is 0.615. The maximum Gasteiger partial charge on any atom is 0.0642 e. The smallest absolute Gasteiger partial charge is 0.0642 e. The highest BCUT2D eigenvalue weighted by atomic mass is 79.9. The standard InChI is InChI=1S/C13H19BrClN/c1-4-6-10(2)16(3)13-11(9-14)7-5-8-12(13)15/h5,7-8,10H,4,6,9H2,1-3H3. The Bertz CT molecular complexity index is 341. The van der Waals surface area contributed by atoms with E-state index in [1.807, 2.05) is 12.1 Å². The van der Waals surface area contributed by atoms with Crippen LogP contribution < -0.4 is 4.90 Å². The average Bonchev–Trinajstić information content (AvgIpc) is 2.28. The van der Waals surface area contributed by atoms with Crippen LogP contribution in [-0.2, 0) is 5.33 Å². The molecule has 0 saturated carbocycles. The number of para-hydroxylation sites is 1. The number of halogens is 2. The normalized spacial score (nSPS) is 12.6. The van der Waals surface area contributed by atoms with E-state index in [9.17, 15) is 0 Å². The van der Waals surface area contributed by atoms with Gasteiger partial charge in [0.1, 0.15) is 0 Å².